The lowest BCUT2D eigenvalue weighted by Crippen LogP contribution is -2.29. The van der Waals surface area contributed by atoms with Crippen molar-refractivity contribution in [3.05, 3.63) is 78.5 Å². The van der Waals surface area contributed by atoms with Gasteiger partial charge >= 0.3 is 0 Å². The van der Waals surface area contributed by atoms with Crippen LogP contribution in [0.3, 0.4) is 0 Å². The lowest BCUT2D eigenvalue weighted by Gasteiger charge is -2.15. The average Bonchev–Trinajstić information content (AvgIpc) is 3.53. The molecule has 11 heteroatoms. The summed E-state index contributed by atoms with van der Waals surface area (Å²) in [6.07, 6.45) is 8.16. The maximum atomic E-state index is 13.4. The van der Waals surface area contributed by atoms with Gasteiger partial charge in [0.2, 0.25) is 5.88 Å². The Morgan fingerprint density at radius 2 is 1.97 bits per heavy atom. The van der Waals surface area contributed by atoms with Crippen LogP contribution in [0.1, 0.15) is 17.5 Å². The topological polar surface area (TPSA) is 103 Å². The molecule has 4 aromatic rings. The van der Waals surface area contributed by atoms with E-state index in [0.717, 1.165) is 22.4 Å². The van der Waals surface area contributed by atoms with Crippen LogP contribution in [0.2, 0.25) is 0 Å². The van der Waals surface area contributed by atoms with Gasteiger partial charge in [-0.3, -0.25) is 14.3 Å². The van der Waals surface area contributed by atoms with Crippen molar-refractivity contribution < 1.29 is 18.3 Å². The fraction of sp³-hybridized carbons (Fsp3) is 0.286. The molecule has 0 atom stereocenters. The summed E-state index contributed by atoms with van der Waals surface area (Å²) in [5.41, 5.74) is 10.6. The van der Waals surface area contributed by atoms with E-state index in [1.165, 1.54) is 12.5 Å². The molecule has 1 aromatic carbocycles. The van der Waals surface area contributed by atoms with Crippen LogP contribution >= 0.6 is 0 Å². The van der Waals surface area contributed by atoms with Crippen molar-refractivity contribution in [2.24, 2.45) is 10.7 Å². The summed E-state index contributed by atoms with van der Waals surface area (Å²) in [6.45, 7) is 1.29. The quantitative estimate of drug-likeness (QED) is 0.306. The van der Waals surface area contributed by atoms with E-state index in [1.54, 1.807) is 30.4 Å². The molecule has 0 aliphatic carbocycles. The van der Waals surface area contributed by atoms with Crippen molar-refractivity contribution in [3.63, 3.8) is 0 Å². The molecule has 5 rings (SSSR count). The zero-order valence-corrected chi connectivity index (χ0v) is 21.5. The summed E-state index contributed by atoms with van der Waals surface area (Å²) in [5.74, 6) is -1.54. The number of benzene rings is 1. The first-order valence-electron chi connectivity index (χ1n) is 12.5. The van der Waals surface area contributed by atoms with Crippen LogP contribution < -0.4 is 15.2 Å². The second kappa shape index (κ2) is 11.6. The Balaban J connectivity index is 1.21. The maximum Gasteiger partial charge on any atom is 0.261 e. The number of pyridine rings is 1. The van der Waals surface area contributed by atoms with E-state index in [1.807, 2.05) is 47.0 Å². The molecule has 0 saturated carbocycles. The Kier molecular flexibility index (Phi) is 7.78. The monoisotopic (exact) mass is 533 g/mol. The Hall–Kier alpha value is -4.38. The van der Waals surface area contributed by atoms with Gasteiger partial charge in [-0.15, -0.1) is 0 Å². The van der Waals surface area contributed by atoms with Crippen molar-refractivity contribution in [2.45, 2.75) is 19.0 Å². The van der Waals surface area contributed by atoms with Gasteiger partial charge in [-0.1, -0.05) is 24.3 Å². The first-order chi connectivity index (χ1) is 18.9. The number of ether oxygens (including phenoxy) is 2. The highest BCUT2D eigenvalue weighted by molar-refractivity contribution is 6.09. The fourth-order valence-corrected chi connectivity index (χ4v) is 4.39. The number of fused-ring (bicyclic) bond motifs is 1. The molecule has 4 heterocycles. The van der Waals surface area contributed by atoms with Crippen molar-refractivity contribution in [2.75, 3.05) is 33.3 Å². The number of allylic oxidation sites excluding steroid dienone is 1. The van der Waals surface area contributed by atoms with Crippen LogP contribution in [-0.2, 0) is 6.61 Å². The summed E-state index contributed by atoms with van der Waals surface area (Å²) in [6, 6.07) is 13.3. The predicted octanol–water partition coefficient (Wildman–Crippen LogP) is 4.09. The Bertz CT molecular complexity index is 1490. The molecule has 39 heavy (non-hydrogen) atoms. The van der Waals surface area contributed by atoms with E-state index >= 15 is 0 Å². The van der Waals surface area contributed by atoms with Gasteiger partial charge in [0.15, 0.2) is 0 Å². The summed E-state index contributed by atoms with van der Waals surface area (Å²) in [7, 11) is 1.70. The third-order valence-corrected chi connectivity index (χ3v) is 6.44. The average molecular weight is 534 g/mol. The van der Waals surface area contributed by atoms with E-state index in [9.17, 15) is 8.78 Å². The van der Waals surface area contributed by atoms with E-state index in [-0.39, 0.29) is 13.0 Å². The fourth-order valence-electron chi connectivity index (χ4n) is 4.39. The minimum Gasteiger partial charge on any atom is -0.492 e. The molecule has 3 aromatic heterocycles. The van der Waals surface area contributed by atoms with E-state index in [2.05, 4.69) is 19.9 Å². The second-order valence-corrected chi connectivity index (χ2v) is 9.20. The van der Waals surface area contributed by atoms with Crippen LogP contribution in [0.15, 0.2) is 72.4 Å². The van der Waals surface area contributed by atoms with Crippen LogP contribution in [-0.4, -0.2) is 69.7 Å². The molecule has 1 saturated heterocycles. The highest BCUT2D eigenvalue weighted by Gasteiger charge is 2.37. The number of nitrogens with zero attached hydrogens (tertiary/aromatic N) is 6. The molecule has 1 fully saturated rings. The van der Waals surface area contributed by atoms with Crippen LogP contribution in [0.4, 0.5) is 8.78 Å². The zero-order chi connectivity index (χ0) is 27.2. The summed E-state index contributed by atoms with van der Waals surface area (Å²) in [4.78, 5) is 18.8. The summed E-state index contributed by atoms with van der Waals surface area (Å²) in [5, 5.41) is 0. The van der Waals surface area contributed by atoms with Gasteiger partial charge in [0, 0.05) is 62.9 Å². The molecule has 1 aliphatic heterocycles. The molecule has 0 radical (unpaired) electrons. The molecule has 0 amide bonds. The lowest BCUT2D eigenvalue weighted by molar-refractivity contribution is 0.0113. The third kappa shape index (κ3) is 6.37. The van der Waals surface area contributed by atoms with Crippen LogP contribution in [0.5, 0.6) is 11.6 Å². The molecule has 2 N–H and O–H groups in total. The van der Waals surface area contributed by atoms with Crippen molar-refractivity contribution in [1.29, 1.82) is 0 Å². The Morgan fingerprint density at radius 3 is 2.72 bits per heavy atom. The standard InChI is InChI=1S/C28H29F2N7O2/c1-32-15-22(14-31)21-4-2-20(3-5-21)17-39-27-13-24(34-19-35-27)25-16-33-26-12-23(6-8-37(25)26)38-11-10-36-9-7-28(29,30)18-36/h2-6,8,12-16,19H,7,9-11,17-18,31H2,1H3/b22-14+,32-15?. The first kappa shape index (κ1) is 26.2. The SMILES string of the molecule is CN=C/C(=C\N)c1ccc(COc2cc(-c3cnc4cc(OCCN5CCC(F)(F)C5)ccn34)ncn2)cc1. The van der Waals surface area contributed by atoms with Gasteiger partial charge in [0.1, 0.15) is 30.9 Å². The summed E-state index contributed by atoms with van der Waals surface area (Å²) < 4.78 is 40.3. The Morgan fingerprint density at radius 1 is 1.13 bits per heavy atom. The van der Waals surface area contributed by atoms with Gasteiger partial charge in [-0.25, -0.2) is 23.7 Å². The smallest absolute Gasteiger partial charge is 0.261 e. The second-order valence-electron chi connectivity index (χ2n) is 9.20. The molecule has 202 valence electrons. The number of nitrogens with two attached hydrogens (primary N) is 1. The number of halogens is 2. The number of aliphatic imine (C=N–C) groups is 1. The van der Waals surface area contributed by atoms with Gasteiger partial charge in [-0.2, -0.15) is 0 Å². The molecular weight excluding hydrogens is 504 g/mol. The van der Waals surface area contributed by atoms with Crippen LogP contribution in [0, 0.1) is 0 Å². The number of hydrogen-bond acceptors (Lipinski definition) is 8. The number of imidazole rings is 1. The number of alkyl halides is 2. The minimum absolute atomic E-state index is 0.0955. The highest BCUT2D eigenvalue weighted by atomic mass is 19.3. The highest BCUT2D eigenvalue weighted by Crippen LogP contribution is 2.27. The zero-order valence-electron chi connectivity index (χ0n) is 21.5. The van der Waals surface area contributed by atoms with Crippen LogP contribution in [0.25, 0.3) is 22.6 Å². The molecular formula is C28H29F2N7O2. The predicted molar refractivity (Wildman–Crippen MR) is 145 cm³/mol. The molecule has 0 unspecified atom stereocenters. The van der Waals surface area contributed by atoms with Gasteiger partial charge in [0.05, 0.1) is 24.1 Å². The molecule has 9 nitrogen and oxygen atoms in total. The van der Waals surface area contributed by atoms with Gasteiger partial charge < -0.3 is 15.2 Å². The van der Waals surface area contributed by atoms with Gasteiger partial charge in [0.25, 0.3) is 5.92 Å². The van der Waals surface area contributed by atoms with E-state index in [4.69, 9.17) is 15.2 Å². The minimum atomic E-state index is -2.60. The molecule has 1 aliphatic rings. The Labute approximate surface area is 224 Å². The lowest BCUT2D eigenvalue weighted by atomic mass is 10.1. The molecule has 0 bridgehead atoms. The largest absolute Gasteiger partial charge is 0.492 e. The number of aromatic nitrogens is 4. The number of likely N-dealkylation sites (tertiary alicyclic amines) is 1. The molecule has 0 spiro atoms. The van der Waals surface area contributed by atoms with Crippen molar-refractivity contribution >= 4 is 17.4 Å². The van der Waals surface area contributed by atoms with Gasteiger partial charge in [-0.05, 0) is 17.2 Å². The van der Waals surface area contributed by atoms with Crippen molar-refractivity contribution in [3.8, 4) is 23.0 Å². The first-order valence-corrected chi connectivity index (χ1v) is 12.5. The maximum absolute atomic E-state index is 13.4. The van der Waals surface area contributed by atoms with Crippen molar-refractivity contribution in [1.82, 2.24) is 24.3 Å². The number of rotatable bonds is 10. The third-order valence-electron chi connectivity index (χ3n) is 6.44. The van der Waals surface area contributed by atoms with E-state index in [0.29, 0.717) is 49.3 Å². The van der Waals surface area contributed by atoms with E-state index < -0.39 is 5.92 Å². The summed E-state index contributed by atoms with van der Waals surface area (Å²) >= 11 is 0. The number of hydrogen-bond donors (Lipinski definition) is 1. The normalized spacial score (nSPS) is 15.8.